The normalized spacial score (nSPS) is 22.2. The number of halogens is 1. The van der Waals surface area contributed by atoms with E-state index in [0.29, 0.717) is 37.3 Å². The van der Waals surface area contributed by atoms with E-state index >= 15 is 0 Å². The smallest absolute Gasteiger partial charge is 0.407 e. The molecule has 62 heavy (non-hydrogen) atoms. The molecule has 4 aliphatic rings. The van der Waals surface area contributed by atoms with Crippen molar-refractivity contribution >= 4 is 41.4 Å². The van der Waals surface area contributed by atoms with E-state index in [1.54, 1.807) is 37.8 Å². The molecule has 4 aromatic carbocycles. The van der Waals surface area contributed by atoms with Crippen LogP contribution in [0.1, 0.15) is 86.1 Å². The number of aryl methyl sites for hydroxylation is 1. The Bertz CT molecular complexity index is 2320. The number of aliphatic carboxylic acids is 1. The van der Waals surface area contributed by atoms with Crippen LogP contribution in [0.25, 0.3) is 11.1 Å². The Balaban J connectivity index is 0.985. The van der Waals surface area contributed by atoms with Crippen molar-refractivity contribution in [1.29, 1.82) is 0 Å². The number of carboxylic acid groups (broad SMARTS) is 1. The predicted octanol–water partition coefficient (Wildman–Crippen LogP) is 7.07. The maximum atomic E-state index is 14.7. The maximum Gasteiger partial charge on any atom is 0.407 e. The number of carbonyl (C=O) groups is 5. The van der Waals surface area contributed by atoms with Crippen molar-refractivity contribution in [2.24, 2.45) is 5.92 Å². The quantitative estimate of drug-likeness (QED) is 0.137. The van der Waals surface area contributed by atoms with Gasteiger partial charge in [-0.15, -0.1) is 0 Å². The maximum absolute atomic E-state index is 14.7. The molecule has 12 nitrogen and oxygen atoms in total. The average molecular weight is 861 g/mol. The fourth-order valence-electron chi connectivity index (χ4n) is 10.3. The first-order valence-corrected chi connectivity index (χ1v) is 21.8. The van der Waals surface area contributed by atoms with Crippen LogP contribution in [0.4, 0.5) is 4.79 Å². The van der Waals surface area contributed by atoms with Gasteiger partial charge in [0.2, 0.25) is 17.7 Å². The van der Waals surface area contributed by atoms with Gasteiger partial charge in [-0.2, -0.15) is 0 Å². The van der Waals surface area contributed by atoms with E-state index in [1.165, 1.54) is 4.90 Å². The van der Waals surface area contributed by atoms with Crippen molar-refractivity contribution in [2.45, 2.75) is 94.5 Å². The fraction of sp³-hybridized carbons (Fsp3) is 0.408. The molecular weight excluding hydrogens is 808 g/mol. The third kappa shape index (κ3) is 8.67. The summed E-state index contributed by atoms with van der Waals surface area (Å²) in [6.45, 7) is 5.48. The number of benzene rings is 4. The van der Waals surface area contributed by atoms with Gasteiger partial charge in [0, 0.05) is 24.0 Å². The van der Waals surface area contributed by atoms with Crippen LogP contribution in [-0.4, -0.2) is 94.3 Å². The summed E-state index contributed by atoms with van der Waals surface area (Å²) < 4.78 is 11.8. The number of hydrogen-bond acceptors (Lipinski definition) is 7. The molecule has 13 heteroatoms. The molecule has 4 amide bonds. The summed E-state index contributed by atoms with van der Waals surface area (Å²) in [6.07, 6.45) is 1.80. The number of carbonyl (C=O) groups excluding carboxylic acids is 4. The fourth-order valence-corrected chi connectivity index (χ4v) is 10.4. The number of ether oxygens (including phenoxy) is 2. The van der Waals surface area contributed by atoms with E-state index < -0.39 is 53.1 Å². The van der Waals surface area contributed by atoms with Crippen molar-refractivity contribution in [3.63, 3.8) is 0 Å². The highest BCUT2D eigenvalue weighted by Crippen LogP contribution is 2.45. The zero-order valence-corrected chi connectivity index (χ0v) is 36.0. The van der Waals surface area contributed by atoms with Crippen LogP contribution in [-0.2, 0) is 41.5 Å². The van der Waals surface area contributed by atoms with Crippen LogP contribution in [0.5, 0.6) is 0 Å². The highest BCUT2D eigenvalue weighted by atomic mass is 35.5. The van der Waals surface area contributed by atoms with Gasteiger partial charge in [0.05, 0.1) is 24.5 Å². The Labute approximate surface area is 366 Å². The van der Waals surface area contributed by atoms with E-state index in [0.717, 1.165) is 45.4 Å². The molecule has 0 radical (unpaired) electrons. The van der Waals surface area contributed by atoms with E-state index in [4.69, 9.17) is 21.1 Å². The van der Waals surface area contributed by atoms with Crippen molar-refractivity contribution < 1.29 is 38.6 Å². The number of amides is 4. The molecule has 4 aromatic rings. The van der Waals surface area contributed by atoms with Crippen LogP contribution < -0.4 is 10.6 Å². The molecule has 2 aliphatic carbocycles. The molecule has 2 saturated heterocycles. The first kappa shape index (κ1) is 42.9. The summed E-state index contributed by atoms with van der Waals surface area (Å²) in [5, 5.41) is 16.6. The minimum Gasteiger partial charge on any atom is -0.481 e. The molecule has 0 saturated carbocycles. The third-order valence-electron chi connectivity index (χ3n) is 13.2. The summed E-state index contributed by atoms with van der Waals surface area (Å²) in [5.41, 5.74) is 5.18. The van der Waals surface area contributed by atoms with Gasteiger partial charge in [-0.1, -0.05) is 96.5 Å². The van der Waals surface area contributed by atoms with E-state index in [-0.39, 0.29) is 43.9 Å². The molecule has 0 aromatic heterocycles. The van der Waals surface area contributed by atoms with Gasteiger partial charge in [-0.25, -0.2) is 4.79 Å². The number of alkyl carbamates (subject to hydrolysis) is 1. The zero-order chi connectivity index (χ0) is 43.8. The van der Waals surface area contributed by atoms with Crippen molar-refractivity contribution in [3.05, 3.63) is 130 Å². The largest absolute Gasteiger partial charge is 0.481 e. The van der Waals surface area contributed by atoms with Crippen LogP contribution in [0.15, 0.2) is 97.1 Å². The topological polar surface area (TPSA) is 155 Å². The number of nitrogens with zero attached hydrogens (tertiary/aromatic N) is 2. The van der Waals surface area contributed by atoms with Gasteiger partial charge in [0.1, 0.15) is 24.4 Å². The molecule has 2 heterocycles. The molecule has 3 N–H and O–H groups in total. The number of likely N-dealkylation sites (tertiary alicyclic amines) is 1. The van der Waals surface area contributed by atoms with E-state index in [1.807, 2.05) is 72.8 Å². The lowest BCUT2D eigenvalue weighted by molar-refractivity contribution is -0.152. The van der Waals surface area contributed by atoms with Gasteiger partial charge in [-0.3, -0.25) is 24.1 Å². The Morgan fingerprint density at radius 2 is 1.53 bits per heavy atom. The van der Waals surface area contributed by atoms with Crippen LogP contribution in [0.2, 0.25) is 5.02 Å². The molecule has 2 aliphatic heterocycles. The SMILES string of the molecule is C[C@H](NC(=O)OCC1c2ccccc2-c2ccccc21)C(=O)N1[C@H](C(=O)N[C@@]2(Cc3ccc(Cl)cc3)CCCN(C(=O)[C@@H](CC(=O)O)[C@@H]3CCc4ccccc43)C2)COC1(C)C. The second-order valence-corrected chi connectivity index (χ2v) is 18.1. The molecule has 324 valence electrons. The average Bonchev–Trinajstić information content (AvgIpc) is 3.93. The minimum absolute atomic E-state index is 0.0738. The molecule has 5 atom stereocenters. The van der Waals surface area contributed by atoms with Gasteiger partial charge in [0.15, 0.2) is 0 Å². The number of carboxylic acids is 1. The summed E-state index contributed by atoms with van der Waals surface area (Å²) in [6, 6.07) is 29.1. The molecular formula is C49H53ClN4O8. The number of piperidine rings is 1. The van der Waals surface area contributed by atoms with Crippen LogP contribution in [0, 0.1) is 5.92 Å². The Hall–Kier alpha value is -5.72. The standard InChI is InChI=1S/C49H53ClN4O8/c1-30(51-47(60)61-27-41-37-15-8-6-13-35(37)36-14-7-9-16-38(36)41)45(58)54-42(28-62-48(54,2)3)44(57)52-49(26-31-17-20-33(50)21-18-31)23-10-24-53(29-49)46(59)40(25-43(55)56)39-22-19-32-11-4-5-12-34(32)39/h4-9,11-18,20-21,30,39-42H,10,19,22-29H2,1-3H3,(H,51,60)(H,52,57)(H,55,56)/t30-,39+,40-,42-,49+/m0/s1. The molecule has 0 bridgehead atoms. The molecule has 8 rings (SSSR count). The number of hydrogen-bond donors (Lipinski definition) is 3. The van der Waals surface area contributed by atoms with Gasteiger partial charge >= 0.3 is 12.1 Å². The predicted molar refractivity (Wildman–Crippen MR) is 233 cm³/mol. The summed E-state index contributed by atoms with van der Waals surface area (Å²) in [5.74, 6) is -3.46. The van der Waals surface area contributed by atoms with Gasteiger partial charge in [-0.05, 0) is 110 Å². The Kier molecular flexibility index (Phi) is 12.2. The minimum atomic E-state index is -1.20. The number of nitrogens with one attached hydrogen (secondary N) is 2. The van der Waals surface area contributed by atoms with Crippen LogP contribution >= 0.6 is 11.6 Å². The van der Waals surface area contributed by atoms with Crippen molar-refractivity contribution in [2.75, 3.05) is 26.3 Å². The zero-order valence-electron chi connectivity index (χ0n) is 35.3. The first-order valence-electron chi connectivity index (χ1n) is 21.5. The number of fused-ring (bicyclic) bond motifs is 4. The summed E-state index contributed by atoms with van der Waals surface area (Å²) in [4.78, 5) is 72.2. The number of rotatable bonds is 12. The highest BCUT2D eigenvalue weighted by Gasteiger charge is 2.51. The lowest BCUT2D eigenvalue weighted by Gasteiger charge is -2.46. The molecule has 2 fully saturated rings. The molecule has 0 unspecified atom stereocenters. The Morgan fingerprint density at radius 1 is 0.887 bits per heavy atom. The second kappa shape index (κ2) is 17.6. The van der Waals surface area contributed by atoms with Gasteiger partial charge in [0.25, 0.3) is 0 Å². The van der Waals surface area contributed by atoms with Crippen LogP contribution in [0.3, 0.4) is 0 Å². The van der Waals surface area contributed by atoms with E-state index in [9.17, 15) is 29.1 Å². The second-order valence-electron chi connectivity index (χ2n) is 17.7. The van der Waals surface area contributed by atoms with Gasteiger partial charge < -0.3 is 30.1 Å². The van der Waals surface area contributed by atoms with E-state index in [2.05, 4.69) is 22.8 Å². The highest BCUT2D eigenvalue weighted by molar-refractivity contribution is 6.30. The summed E-state index contributed by atoms with van der Waals surface area (Å²) >= 11 is 6.26. The third-order valence-corrected chi connectivity index (χ3v) is 13.4. The molecule has 0 spiro atoms. The Morgan fingerprint density at radius 3 is 2.21 bits per heavy atom. The monoisotopic (exact) mass is 860 g/mol. The van der Waals surface area contributed by atoms with Crippen molar-refractivity contribution in [1.82, 2.24) is 20.4 Å². The first-order chi connectivity index (χ1) is 29.7. The lowest BCUT2D eigenvalue weighted by atomic mass is 9.80. The van der Waals surface area contributed by atoms with Crippen molar-refractivity contribution in [3.8, 4) is 11.1 Å². The lowest BCUT2D eigenvalue weighted by Crippen LogP contribution is -2.65. The summed E-state index contributed by atoms with van der Waals surface area (Å²) in [7, 11) is 0.